The number of hydrogen-bond acceptors (Lipinski definition) is 7. The molecule has 1 heterocycles. The van der Waals surface area contributed by atoms with Crippen LogP contribution in [0, 0.1) is 13.8 Å². The quantitative estimate of drug-likeness (QED) is 0.305. The summed E-state index contributed by atoms with van der Waals surface area (Å²) in [7, 11) is 0. The zero-order valence-electron chi connectivity index (χ0n) is 19.5. The molecule has 3 aromatic rings. The number of aliphatic hydroxyl groups excluding tert-OH is 4. The standard InChI is InChI=1S/C24H26F3N3O6/c1-12-6-16-17(7-13(12)2)30(10-18(32)21(34)19(33)11-31)23(36)20(29-16)22(35)28-9-14-4-3-5-15(8-14)24(25,26)27/h3-8,18-19,21,31-34H,9-11H2,1-2H3,(H,28,35). The van der Waals surface area contributed by atoms with Crippen LogP contribution < -0.4 is 10.9 Å². The van der Waals surface area contributed by atoms with Gasteiger partial charge in [-0.3, -0.25) is 9.59 Å². The molecular weight excluding hydrogens is 483 g/mol. The summed E-state index contributed by atoms with van der Waals surface area (Å²) in [6.45, 7) is 1.90. The zero-order chi connectivity index (χ0) is 26.8. The number of halogens is 3. The number of hydrogen-bond donors (Lipinski definition) is 5. The zero-order valence-corrected chi connectivity index (χ0v) is 19.5. The maximum absolute atomic E-state index is 13.2. The van der Waals surface area contributed by atoms with Gasteiger partial charge in [-0.05, 0) is 54.8 Å². The molecule has 194 valence electrons. The van der Waals surface area contributed by atoms with Crippen LogP contribution in [0.1, 0.15) is 32.7 Å². The third-order valence-corrected chi connectivity index (χ3v) is 5.83. The van der Waals surface area contributed by atoms with Crippen molar-refractivity contribution in [3.8, 4) is 0 Å². The number of aliphatic hydroxyl groups is 4. The first-order chi connectivity index (χ1) is 16.8. The Labute approximate surface area is 203 Å². The van der Waals surface area contributed by atoms with Gasteiger partial charge in [-0.2, -0.15) is 13.2 Å². The molecule has 0 fully saturated rings. The van der Waals surface area contributed by atoms with E-state index in [1.54, 1.807) is 26.0 Å². The number of alkyl halides is 3. The molecule has 36 heavy (non-hydrogen) atoms. The third-order valence-electron chi connectivity index (χ3n) is 5.83. The molecule has 2 aromatic carbocycles. The van der Waals surface area contributed by atoms with Crippen LogP contribution >= 0.6 is 0 Å². The van der Waals surface area contributed by atoms with Crippen LogP contribution in [-0.2, 0) is 19.3 Å². The van der Waals surface area contributed by atoms with E-state index in [1.807, 2.05) is 0 Å². The summed E-state index contributed by atoms with van der Waals surface area (Å²) in [5.74, 6) is -0.947. The summed E-state index contributed by atoms with van der Waals surface area (Å²) in [6.07, 6.45) is -9.69. The molecule has 0 aliphatic carbocycles. The van der Waals surface area contributed by atoms with E-state index in [4.69, 9.17) is 5.11 Å². The highest BCUT2D eigenvalue weighted by Gasteiger charge is 2.30. The number of nitrogens with one attached hydrogen (secondary N) is 1. The minimum Gasteiger partial charge on any atom is -0.394 e. The summed E-state index contributed by atoms with van der Waals surface area (Å²) < 4.78 is 39.9. The molecule has 12 heteroatoms. The highest BCUT2D eigenvalue weighted by atomic mass is 19.4. The highest BCUT2D eigenvalue weighted by Crippen LogP contribution is 2.29. The van der Waals surface area contributed by atoms with E-state index in [-0.39, 0.29) is 23.1 Å². The van der Waals surface area contributed by atoms with E-state index in [2.05, 4.69) is 10.3 Å². The van der Waals surface area contributed by atoms with Gasteiger partial charge in [0.2, 0.25) is 0 Å². The molecule has 0 saturated carbocycles. The molecule has 0 aliphatic rings. The number of aryl methyl sites for hydroxylation is 2. The van der Waals surface area contributed by atoms with Gasteiger partial charge in [0, 0.05) is 6.54 Å². The van der Waals surface area contributed by atoms with Crippen LogP contribution in [0.5, 0.6) is 0 Å². The van der Waals surface area contributed by atoms with Gasteiger partial charge < -0.3 is 30.3 Å². The molecule has 0 radical (unpaired) electrons. The van der Waals surface area contributed by atoms with Crippen molar-refractivity contribution in [1.29, 1.82) is 0 Å². The summed E-state index contributed by atoms with van der Waals surface area (Å²) in [6, 6.07) is 7.60. The highest BCUT2D eigenvalue weighted by molar-refractivity contribution is 5.94. The Morgan fingerprint density at radius 1 is 1.08 bits per heavy atom. The van der Waals surface area contributed by atoms with Crippen LogP contribution in [-0.4, -0.2) is 60.8 Å². The minimum atomic E-state index is -4.56. The Balaban J connectivity index is 1.98. The van der Waals surface area contributed by atoms with Gasteiger partial charge in [-0.1, -0.05) is 12.1 Å². The topological polar surface area (TPSA) is 145 Å². The second-order valence-electron chi connectivity index (χ2n) is 8.49. The number of benzene rings is 2. The Hall–Kier alpha value is -3.32. The van der Waals surface area contributed by atoms with Crippen molar-refractivity contribution in [3.05, 3.63) is 74.7 Å². The number of amides is 1. The first kappa shape index (κ1) is 27.3. The molecule has 0 bridgehead atoms. The van der Waals surface area contributed by atoms with Crippen molar-refractivity contribution in [2.45, 2.75) is 51.4 Å². The molecule has 0 saturated heterocycles. The number of carbonyl (C=O) groups is 1. The predicted octanol–water partition coefficient (Wildman–Crippen LogP) is 1.04. The average Bonchev–Trinajstić information content (AvgIpc) is 2.83. The number of rotatable bonds is 8. The van der Waals surface area contributed by atoms with Crippen molar-refractivity contribution in [1.82, 2.24) is 14.9 Å². The molecule has 0 aliphatic heterocycles. The lowest BCUT2D eigenvalue weighted by atomic mass is 10.1. The fourth-order valence-electron chi connectivity index (χ4n) is 3.61. The van der Waals surface area contributed by atoms with E-state index in [1.165, 1.54) is 12.1 Å². The van der Waals surface area contributed by atoms with Gasteiger partial charge in [-0.25, -0.2) is 4.98 Å². The molecular formula is C24H26F3N3O6. The Bertz CT molecular complexity index is 1320. The number of fused-ring (bicyclic) bond motifs is 1. The largest absolute Gasteiger partial charge is 0.416 e. The van der Waals surface area contributed by atoms with Crippen molar-refractivity contribution < 1.29 is 38.4 Å². The van der Waals surface area contributed by atoms with E-state index in [0.717, 1.165) is 27.8 Å². The van der Waals surface area contributed by atoms with Crippen LogP contribution in [0.2, 0.25) is 0 Å². The lowest BCUT2D eigenvalue weighted by Crippen LogP contribution is -2.44. The fourth-order valence-corrected chi connectivity index (χ4v) is 3.61. The van der Waals surface area contributed by atoms with Gasteiger partial charge in [0.05, 0.1) is 29.7 Å². The average molecular weight is 509 g/mol. The summed E-state index contributed by atoms with van der Waals surface area (Å²) in [5.41, 5.74) is -0.157. The van der Waals surface area contributed by atoms with Crippen molar-refractivity contribution in [2.75, 3.05) is 6.61 Å². The van der Waals surface area contributed by atoms with E-state index in [9.17, 15) is 38.1 Å². The molecule has 3 unspecified atom stereocenters. The summed E-state index contributed by atoms with van der Waals surface area (Å²) in [4.78, 5) is 30.2. The van der Waals surface area contributed by atoms with Crippen LogP contribution in [0.25, 0.3) is 11.0 Å². The Morgan fingerprint density at radius 2 is 1.75 bits per heavy atom. The summed E-state index contributed by atoms with van der Waals surface area (Å²) >= 11 is 0. The Kier molecular flexibility index (Phi) is 8.14. The molecule has 3 atom stereocenters. The van der Waals surface area contributed by atoms with Gasteiger partial charge in [0.15, 0.2) is 5.69 Å². The normalized spacial score (nSPS) is 14.5. The molecule has 9 nitrogen and oxygen atoms in total. The van der Waals surface area contributed by atoms with Crippen LogP contribution in [0.4, 0.5) is 13.2 Å². The maximum atomic E-state index is 13.2. The molecule has 1 aromatic heterocycles. The third kappa shape index (κ3) is 5.90. The predicted molar refractivity (Wildman–Crippen MR) is 123 cm³/mol. The molecule has 0 spiro atoms. The lowest BCUT2D eigenvalue weighted by Gasteiger charge is -2.23. The van der Waals surface area contributed by atoms with Crippen molar-refractivity contribution in [2.24, 2.45) is 0 Å². The number of aromatic nitrogens is 2. The minimum absolute atomic E-state index is 0.155. The van der Waals surface area contributed by atoms with Crippen LogP contribution in [0.15, 0.2) is 41.2 Å². The van der Waals surface area contributed by atoms with Crippen LogP contribution in [0.3, 0.4) is 0 Å². The van der Waals surface area contributed by atoms with Gasteiger partial charge in [-0.15, -0.1) is 0 Å². The van der Waals surface area contributed by atoms with E-state index < -0.39 is 60.4 Å². The molecule has 3 rings (SSSR count). The second-order valence-corrected chi connectivity index (χ2v) is 8.49. The van der Waals surface area contributed by atoms with Gasteiger partial charge in [0.1, 0.15) is 18.3 Å². The number of nitrogens with zero attached hydrogens (tertiary/aromatic N) is 2. The lowest BCUT2D eigenvalue weighted by molar-refractivity contribution is -0.137. The van der Waals surface area contributed by atoms with E-state index >= 15 is 0 Å². The summed E-state index contributed by atoms with van der Waals surface area (Å²) in [5, 5.41) is 41.4. The first-order valence-corrected chi connectivity index (χ1v) is 10.9. The first-order valence-electron chi connectivity index (χ1n) is 10.9. The van der Waals surface area contributed by atoms with E-state index in [0.29, 0.717) is 0 Å². The monoisotopic (exact) mass is 509 g/mol. The Morgan fingerprint density at radius 3 is 2.39 bits per heavy atom. The molecule has 5 N–H and O–H groups in total. The number of carbonyl (C=O) groups excluding carboxylic acids is 1. The fraction of sp³-hybridized carbons (Fsp3) is 0.375. The van der Waals surface area contributed by atoms with Gasteiger partial charge in [0.25, 0.3) is 11.5 Å². The van der Waals surface area contributed by atoms with Crippen molar-refractivity contribution in [3.63, 3.8) is 0 Å². The maximum Gasteiger partial charge on any atom is 0.416 e. The smallest absolute Gasteiger partial charge is 0.394 e. The molecule has 1 amide bonds. The van der Waals surface area contributed by atoms with Gasteiger partial charge >= 0.3 is 6.18 Å². The van der Waals surface area contributed by atoms with Crippen molar-refractivity contribution >= 4 is 16.9 Å². The SMILES string of the molecule is Cc1cc2nc(C(=O)NCc3cccc(C(F)(F)F)c3)c(=O)n(CC(O)C(O)C(O)CO)c2cc1C. The second kappa shape index (κ2) is 10.7.